The normalized spacial score (nSPS) is 25.3. The molecule has 43 heavy (non-hydrogen) atoms. The molecule has 10 heteroatoms. The molecule has 6 rings (SSSR count). The van der Waals surface area contributed by atoms with Crippen LogP contribution in [0.25, 0.3) is 0 Å². The van der Waals surface area contributed by atoms with Crippen LogP contribution in [0.2, 0.25) is 0 Å². The second kappa shape index (κ2) is 14.6. The lowest BCUT2D eigenvalue weighted by Gasteiger charge is -2.45. The third-order valence-electron chi connectivity index (χ3n) is 10.4. The Morgan fingerprint density at radius 3 is 2.23 bits per heavy atom. The van der Waals surface area contributed by atoms with Gasteiger partial charge in [-0.3, -0.25) is 9.69 Å². The van der Waals surface area contributed by atoms with Gasteiger partial charge in [-0.2, -0.15) is 0 Å². The summed E-state index contributed by atoms with van der Waals surface area (Å²) in [5.41, 5.74) is 2.18. The molecule has 1 N–H and O–H groups in total. The number of hydrogen-bond donors (Lipinski definition) is 1. The summed E-state index contributed by atoms with van der Waals surface area (Å²) in [7, 11) is -3.22. The Kier molecular flexibility index (Phi) is 11.6. The molecular formula is C33H47Cl2N3O4S. The van der Waals surface area contributed by atoms with E-state index in [-0.39, 0.29) is 36.1 Å². The zero-order valence-electron chi connectivity index (χ0n) is 25.2. The molecule has 4 fully saturated rings. The number of carbonyl (C=O) groups is 1. The van der Waals surface area contributed by atoms with Crippen molar-refractivity contribution in [3.63, 3.8) is 0 Å². The van der Waals surface area contributed by atoms with Gasteiger partial charge in [0.05, 0.1) is 10.3 Å². The van der Waals surface area contributed by atoms with Crippen molar-refractivity contribution in [1.82, 2.24) is 15.1 Å². The number of halogens is 2. The Morgan fingerprint density at radius 1 is 0.930 bits per heavy atom. The van der Waals surface area contributed by atoms with E-state index in [0.717, 1.165) is 83.6 Å². The van der Waals surface area contributed by atoms with E-state index < -0.39 is 9.84 Å². The maximum Gasteiger partial charge on any atom is 0.229 e. The topological polar surface area (TPSA) is 79.0 Å². The van der Waals surface area contributed by atoms with E-state index in [1.165, 1.54) is 18.2 Å². The molecule has 4 aliphatic rings. The quantitative estimate of drug-likeness (QED) is 0.436. The second-order valence-electron chi connectivity index (χ2n) is 12.9. The molecule has 0 saturated carbocycles. The molecule has 7 nitrogen and oxygen atoms in total. The maximum atomic E-state index is 13.8. The van der Waals surface area contributed by atoms with Gasteiger partial charge in [-0.05, 0) is 86.7 Å². The highest BCUT2D eigenvalue weighted by molar-refractivity contribution is 7.90. The maximum absolute atomic E-state index is 13.8. The largest absolute Gasteiger partial charge is 0.381 e. The molecule has 0 radical (unpaired) electrons. The van der Waals surface area contributed by atoms with Gasteiger partial charge in [0, 0.05) is 57.6 Å². The lowest BCUT2D eigenvalue weighted by molar-refractivity contribution is -0.139. The number of nitrogens with zero attached hydrogens (tertiary/aromatic N) is 2. The minimum atomic E-state index is -3.22. The SMILES string of the molecule is CS(=O)(=O)c1ccc(CN2CCC3(CCN(C(CC4CCOCC4)[C@@H]4CNC[C@@H]4c4ccccc4)CC3)C2=O)cc1.Cl.Cl. The van der Waals surface area contributed by atoms with Gasteiger partial charge in [-0.1, -0.05) is 42.5 Å². The highest BCUT2D eigenvalue weighted by Gasteiger charge is 2.49. The van der Waals surface area contributed by atoms with Crippen LogP contribution < -0.4 is 5.32 Å². The number of nitrogens with one attached hydrogen (secondary N) is 1. The predicted octanol–water partition coefficient (Wildman–Crippen LogP) is 4.94. The Labute approximate surface area is 269 Å². The Hall–Kier alpha value is -1.68. The monoisotopic (exact) mass is 651 g/mol. The van der Waals surface area contributed by atoms with Crippen molar-refractivity contribution >= 4 is 40.6 Å². The van der Waals surface area contributed by atoms with E-state index in [0.29, 0.717) is 35.2 Å². The van der Waals surface area contributed by atoms with Crippen molar-refractivity contribution in [1.29, 1.82) is 0 Å². The standard InChI is InChI=1S/C33H45N3O4S.2ClH/c1-41(38,39)28-9-7-26(8-10-28)24-36-18-15-33(32(36)37)13-16-35(17-14-33)31(21-25-11-19-40-20-12-25)30-23-34-22-29(30)27-5-3-2-4-6-27;;/h2-10,25,29-31,34H,11-24H2,1H3;2*1H/t29-,30-,31?;;/m1../s1. The molecular weight excluding hydrogens is 605 g/mol. The summed E-state index contributed by atoms with van der Waals surface area (Å²) in [6, 6.07) is 18.5. The first kappa shape index (κ1) is 34.2. The molecule has 0 aliphatic carbocycles. The van der Waals surface area contributed by atoms with Gasteiger partial charge in [-0.25, -0.2) is 8.42 Å². The van der Waals surface area contributed by atoms with Gasteiger partial charge >= 0.3 is 0 Å². The number of ether oxygens (including phenoxy) is 1. The lowest BCUT2D eigenvalue weighted by Crippen LogP contribution is -2.51. The van der Waals surface area contributed by atoms with Crippen LogP contribution in [0.15, 0.2) is 59.5 Å². The van der Waals surface area contributed by atoms with E-state index in [4.69, 9.17) is 4.74 Å². The van der Waals surface area contributed by atoms with Gasteiger partial charge < -0.3 is 15.0 Å². The Morgan fingerprint density at radius 2 is 1.58 bits per heavy atom. The van der Waals surface area contributed by atoms with Crippen LogP contribution in [0.1, 0.15) is 55.6 Å². The van der Waals surface area contributed by atoms with Gasteiger partial charge in [0.2, 0.25) is 5.91 Å². The fourth-order valence-electron chi connectivity index (χ4n) is 7.94. The molecule has 4 aliphatic heterocycles. The predicted molar refractivity (Wildman–Crippen MR) is 175 cm³/mol. The van der Waals surface area contributed by atoms with Crippen LogP contribution in [0.4, 0.5) is 0 Å². The average molecular weight is 653 g/mol. The van der Waals surface area contributed by atoms with Crippen LogP contribution in [-0.2, 0) is 25.9 Å². The smallest absolute Gasteiger partial charge is 0.229 e. The third-order valence-corrected chi connectivity index (χ3v) is 11.6. The number of carbonyl (C=O) groups excluding carboxylic acids is 1. The number of hydrogen-bond acceptors (Lipinski definition) is 6. The number of rotatable bonds is 8. The van der Waals surface area contributed by atoms with Crippen LogP contribution in [-0.4, -0.2) is 82.4 Å². The van der Waals surface area contributed by atoms with Gasteiger partial charge in [-0.15, -0.1) is 24.8 Å². The molecule has 1 spiro atoms. The van der Waals surface area contributed by atoms with E-state index in [1.54, 1.807) is 12.1 Å². The zero-order chi connectivity index (χ0) is 28.5. The number of likely N-dealkylation sites (tertiary alicyclic amines) is 2. The molecule has 2 aromatic rings. The second-order valence-corrected chi connectivity index (χ2v) is 14.9. The number of benzene rings is 2. The molecule has 4 heterocycles. The van der Waals surface area contributed by atoms with Crippen LogP contribution >= 0.6 is 24.8 Å². The third kappa shape index (κ3) is 7.59. The number of piperidine rings is 1. The first-order valence-electron chi connectivity index (χ1n) is 15.5. The number of amides is 1. The van der Waals surface area contributed by atoms with Gasteiger partial charge in [0.1, 0.15) is 0 Å². The summed E-state index contributed by atoms with van der Waals surface area (Å²) in [5, 5.41) is 3.73. The first-order chi connectivity index (χ1) is 19.8. The van der Waals surface area contributed by atoms with E-state index in [2.05, 4.69) is 40.5 Å². The zero-order valence-corrected chi connectivity index (χ0v) is 27.6. The van der Waals surface area contributed by atoms with Crippen molar-refractivity contribution in [2.75, 3.05) is 52.2 Å². The van der Waals surface area contributed by atoms with E-state index in [1.807, 2.05) is 17.0 Å². The van der Waals surface area contributed by atoms with Crippen molar-refractivity contribution in [3.8, 4) is 0 Å². The van der Waals surface area contributed by atoms with Crippen molar-refractivity contribution < 1.29 is 17.9 Å². The molecule has 0 bridgehead atoms. The first-order valence-corrected chi connectivity index (χ1v) is 17.4. The molecule has 3 atom stereocenters. The Bertz CT molecular complexity index is 1300. The summed E-state index contributed by atoms with van der Waals surface area (Å²) >= 11 is 0. The highest BCUT2D eigenvalue weighted by atomic mass is 35.5. The fraction of sp³-hybridized carbons (Fsp3) is 0.606. The summed E-state index contributed by atoms with van der Waals surface area (Å²) in [4.78, 5) is 18.8. The molecule has 1 amide bonds. The van der Waals surface area contributed by atoms with E-state index in [9.17, 15) is 13.2 Å². The summed E-state index contributed by atoms with van der Waals surface area (Å²) in [6.45, 7) is 7.14. The lowest BCUT2D eigenvalue weighted by atomic mass is 9.74. The Balaban J connectivity index is 0.00000212. The fourth-order valence-corrected chi connectivity index (χ4v) is 8.57. The highest BCUT2D eigenvalue weighted by Crippen LogP contribution is 2.45. The van der Waals surface area contributed by atoms with Gasteiger partial charge in [0.25, 0.3) is 0 Å². The van der Waals surface area contributed by atoms with Crippen molar-refractivity contribution in [3.05, 3.63) is 65.7 Å². The minimum Gasteiger partial charge on any atom is -0.381 e. The summed E-state index contributed by atoms with van der Waals surface area (Å²) in [5.74, 6) is 2.09. The van der Waals surface area contributed by atoms with Crippen LogP contribution in [0, 0.1) is 17.3 Å². The average Bonchev–Trinajstić information content (AvgIpc) is 3.59. The van der Waals surface area contributed by atoms with Gasteiger partial charge in [0.15, 0.2) is 9.84 Å². The number of sulfone groups is 1. The summed E-state index contributed by atoms with van der Waals surface area (Å²) < 4.78 is 29.3. The minimum absolute atomic E-state index is 0. The van der Waals surface area contributed by atoms with E-state index >= 15 is 0 Å². The molecule has 238 valence electrons. The molecule has 0 aromatic heterocycles. The van der Waals surface area contributed by atoms with Crippen molar-refractivity contribution in [2.45, 2.75) is 61.9 Å². The van der Waals surface area contributed by atoms with Crippen LogP contribution in [0.5, 0.6) is 0 Å². The van der Waals surface area contributed by atoms with Crippen LogP contribution in [0.3, 0.4) is 0 Å². The van der Waals surface area contributed by atoms with Crippen molar-refractivity contribution in [2.24, 2.45) is 17.3 Å². The molecule has 1 unspecified atom stereocenters. The summed E-state index contributed by atoms with van der Waals surface area (Å²) in [6.07, 6.45) is 7.53. The molecule has 2 aromatic carbocycles. The molecule has 4 saturated heterocycles.